The molecule has 2 heterocycles. The molecule has 2 aromatic heterocycles. The molecule has 1 aromatic carbocycles. The first-order valence-electron chi connectivity index (χ1n) is 6.52. The summed E-state index contributed by atoms with van der Waals surface area (Å²) < 4.78 is 3.46. The molecule has 0 atom stereocenters. The average Bonchev–Trinajstić information content (AvgIpc) is 2.96. The Bertz CT molecular complexity index is 921. The lowest BCUT2D eigenvalue weighted by Gasteiger charge is -2.07. The molecule has 9 heteroatoms. The van der Waals surface area contributed by atoms with Crippen LogP contribution >= 0.6 is 39.0 Å². The molecule has 0 unspecified atom stereocenters. The van der Waals surface area contributed by atoms with Crippen molar-refractivity contribution in [3.8, 4) is 0 Å². The number of halogens is 1. The van der Waals surface area contributed by atoms with E-state index in [1.165, 1.54) is 34.0 Å². The zero-order chi connectivity index (χ0) is 16.4. The van der Waals surface area contributed by atoms with E-state index in [1.807, 2.05) is 18.4 Å². The van der Waals surface area contributed by atoms with Gasteiger partial charge in [0, 0.05) is 10.2 Å². The summed E-state index contributed by atoms with van der Waals surface area (Å²) in [5.41, 5.74) is 0.843. The molecule has 6 nitrogen and oxygen atoms in total. The third kappa shape index (κ3) is 3.62. The van der Waals surface area contributed by atoms with Gasteiger partial charge in [0.15, 0.2) is 9.99 Å². The molecule has 0 radical (unpaired) electrons. The van der Waals surface area contributed by atoms with Gasteiger partial charge in [0.1, 0.15) is 17.6 Å². The number of hydrogen-bond acceptors (Lipinski definition) is 6. The number of aromatic nitrogens is 3. The van der Waals surface area contributed by atoms with E-state index < -0.39 is 0 Å². The number of fused-ring (bicyclic) bond motifs is 1. The minimum atomic E-state index is -0.287. The van der Waals surface area contributed by atoms with E-state index >= 15 is 0 Å². The van der Waals surface area contributed by atoms with Crippen LogP contribution in [0.2, 0.25) is 0 Å². The van der Waals surface area contributed by atoms with Gasteiger partial charge in [-0.3, -0.25) is 14.2 Å². The van der Waals surface area contributed by atoms with Gasteiger partial charge in [0.25, 0.3) is 5.56 Å². The van der Waals surface area contributed by atoms with Gasteiger partial charge in [0.2, 0.25) is 5.91 Å². The summed E-state index contributed by atoms with van der Waals surface area (Å²) in [5.74, 6) is -0.287. The van der Waals surface area contributed by atoms with Gasteiger partial charge in [-0.05, 0) is 30.5 Å². The van der Waals surface area contributed by atoms with Crippen LogP contribution in [-0.4, -0.2) is 26.7 Å². The third-order valence-electron chi connectivity index (χ3n) is 2.98. The van der Waals surface area contributed by atoms with Crippen molar-refractivity contribution in [3.05, 3.63) is 45.4 Å². The molecule has 0 saturated carbocycles. The number of hydrogen-bond donors (Lipinski definition) is 1. The summed E-state index contributed by atoms with van der Waals surface area (Å²) in [6, 6.07) is 7.22. The van der Waals surface area contributed by atoms with Gasteiger partial charge in [0.05, 0.1) is 0 Å². The number of nitrogens with zero attached hydrogens (tertiary/aromatic N) is 3. The molecule has 0 saturated heterocycles. The number of thioether (sulfide) groups is 1. The zero-order valence-electron chi connectivity index (χ0n) is 11.9. The number of thiazole rings is 1. The van der Waals surface area contributed by atoms with E-state index in [2.05, 4.69) is 31.2 Å². The Morgan fingerprint density at radius 2 is 2.13 bits per heavy atom. The minimum absolute atomic E-state index is 0.0929. The molecular weight excluding hydrogens is 400 g/mol. The fourth-order valence-electron chi connectivity index (χ4n) is 1.92. The molecule has 3 rings (SSSR count). The number of carbonyl (C=O) groups excluding carboxylic acids is 1. The standard InChI is InChI=1S/C14H11BrN4O2S2/c1-22-14-18-12-11(23-14)13(21)19(7-16-12)6-10(20)17-9-4-2-8(15)3-5-9/h2-5,7H,6H2,1H3,(H,17,20). The number of anilines is 1. The number of amides is 1. The Labute approximate surface area is 148 Å². The summed E-state index contributed by atoms with van der Waals surface area (Å²) >= 11 is 6.08. The first-order valence-corrected chi connectivity index (χ1v) is 9.35. The van der Waals surface area contributed by atoms with Gasteiger partial charge in [-0.15, -0.1) is 11.3 Å². The van der Waals surface area contributed by atoms with Gasteiger partial charge in [-0.2, -0.15) is 0 Å². The Morgan fingerprint density at radius 1 is 1.39 bits per heavy atom. The normalized spacial score (nSPS) is 10.9. The fraction of sp³-hybridized carbons (Fsp3) is 0.143. The summed E-state index contributed by atoms with van der Waals surface area (Å²) in [4.78, 5) is 32.9. The van der Waals surface area contributed by atoms with Crippen LogP contribution in [0.4, 0.5) is 5.69 Å². The van der Waals surface area contributed by atoms with E-state index in [0.29, 0.717) is 16.0 Å². The summed E-state index contributed by atoms with van der Waals surface area (Å²) in [6.45, 7) is -0.0929. The molecule has 3 aromatic rings. The predicted molar refractivity (Wildman–Crippen MR) is 96.2 cm³/mol. The van der Waals surface area contributed by atoms with Crippen molar-refractivity contribution in [2.45, 2.75) is 10.9 Å². The molecule has 0 fully saturated rings. The van der Waals surface area contributed by atoms with Crippen molar-refractivity contribution < 1.29 is 4.79 Å². The molecule has 0 aliphatic heterocycles. The van der Waals surface area contributed by atoms with Crippen LogP contribution in [-0.2, 0) is 11.3 Å². The van der Waals surface area contributed by atoms with Crippen LogP contribution in [0.5, 0.6) is 0 Å². The van der Waals surface area contributed by atoms with Crippen molar-refractivity contribution in [3.63, 3.8) is 0 Å². The maximum Gasteiger partial charge on any atom is 0.273 e. The molecule has 23 heavy (non-hydrogen) atoms. The molecule has 118 valence electrons. The fourth-order valence-corrected chi connectivity index (χ4v) is 3.64. The Morgan fingerprint density at radius 3 is 2.83 bits per heavy atom. The quantitative estimate of drug-likeness (QED) is 0.668. The van der Waals surface area contributed by atoms with Crippen LogP contribution in [0.3, 0.4) is 0 Å². The molecule has 0 aliphatic carbocycles. The number of rotatable bonds is 4. The van der Waals surface area contributed by atoms with Crippen LogP contribution in [0.25, 0.3) is 10.3 Å². The topological polar surface area (TPSA) is 76.9 Å². The molecule has 1 N–H and O–H groups in total. The van der Waals surface area contributed by atoms with E-state index in [-0.39, 0.29) is 18.0 Å². The summed E-state index contributed by atoms with van der Waals surface area (Å²) in [7, 11) is 0. The average molecular weight is 411 g/mol. The lowest BCUT2D eigenvalue weighted by Crippen LogP contribution is -2.27. The monoisotopic (exact) mass is 410 g/mol. The van der Waals surface area contributed by atoms with Crippen molar-refractivity contribution in [1.29, 1.82) is 0 Å². The second kappa shape index (κ2) is 6.81. The van der Waals surface area contributed by atoms with E-state index in [1.54, 1.807) is 12.1 Å². The van der Waals surface area contributed by atoms with Crippen molar-refractivity contribution >= 4 is 61.0 Å². The van der Waals surface area contributed by atoms with Crippen LogP contribution in [0.1, 0.15) is 0 Å². The van der Waals surface area contributed by atoms with Crippen molar-refractivity contribution in [2.75, 3.05) is 11.6 Å². The van der Waals surface area contributed by atoms with Gasteiger partial charge < -0.3 is 5.32 Å². The minimum Gasteiger partial charge on any atom is -0.325 e. The van der Waals surface area contributed by atoms with E-state index in [0.717, 1.165) is 8.81 Å². The molecule has 0 aliphatic rings. The summed E-state index contributed by atoms with van der Waals surface area (Å²) in [5, 5.41) is 2.75. The molecule has 1 amide bonds. The summed E-state index contributed by atoms with van der Waals surface area (Å²) in [6.07, 6.45) is 3.25. The Hall–Kier alpha value is -1.71. The third-order valence-corrected chi connectivity index (χ3v) is 5.53. The highest BCUT2D eigenvalue weighted by molar-refractivity contribution is 9.10. The predicted octanol–water partition coefficient (Wildman–Crippen LogP) is 2.98. The van der Waals surface area contributed by atoms with Gasteiger partial charge >= 0.3 is 0 Å². The molecule has 0 spiro atoms. The van der Waals surface area contributed by atoms with Gasteiger partial charge in [-0.25, -0.2) is 9.97 Å². The lowest BCUT2D eigenvalue weighted by molar-refractivity contribution is -0.116. The highest BCUT2D eigenvalue weighted by atomic mass is 79.9. The zero-order valence-corrected chi connectivity index (χ0v) is 15.2. The highest BCUT2D eigenvalue weighted by Gasteiger charge is 2.12. The second-order valence-electron chi connectivity index (χ2n) is 4.57. The maximum absolute atomic E-state index is 12.4. The molecular formula is C14H11BrN4O2S2. The number of benzene rings is 1. The largest absolute Gasteiger partial charge is 0.325 e. The van der Waals surface area contributed by atoms with Crippen molar-refractivity contribution in [1.82, 2.24) is 14.5 Å². The Kier molecular flexibility index (Phi) is 4.79. The van der Waals surface area contributed by atoms with E-state index in [4.69, 9.17) is 0 Å². The smallest absolute Gasteiger partial charge is 0.273 e. The first-order chi connectivity index (χ1) is 11.1. The highest BCUT2D eigenvalue weighted by Crippen LogP contribution is 2.24. The van der Waals surface area contributed by atoms with Gasteiger partial charge in [-0.1, -0.05) is 27.7 Å². The Balaban J connectivity index is 1.80. The van der Waals surface area contributed by atoms with Crippen LogP contribution in [0.15, 0.2) is 44.2 Å². The maximum atomic E-state index is 12.4. The van der Waals surface area contributed by atoms with E-state index in [9.17, 15) is 9.59 Å². The molecule has 0 bridgehead atoms. The number of nitrogens with one attached hydrogen (secondary N) is 1. The van der Waals surface area contributed by atoms with Crippen LogP contribution < -0.4 is 10.9 Å². The first kappa shape index (κ1) is 16.2. The number of carbonyl (C=O) groups is 1. The second-order valence-corrected chi connectivity index (χ2v) is 7.54. The lowest BCUT2D eigenvalue weighted by atomic mass is 10.3. The van der Waals surface area contributed by atoms with Crippen LogP contribution in [0, 0.1) is 0 Å². The SMILES string of the molecule is CSc1nc2ncn(CC(=O)Nc3ccc(Br)cc3)c(=O)c2s1. The van der Waals surface area contributed by atoms with Crippen molar-refractivity contribution in [2.24, 2.45) is 0 Å².